The predicted octanol–water partition coefficient (Wildman–Crippen LogP) is 3.02. The Morgan fingerprint density at radius 1 is 1.00 bits per heavy atom. The highest BCUT2D eigenvalue weighted by atomic mass is 16.5. The minimum absolute atomic E-state index is 0.664. The molecule has 1 aromatic carbocycles. The highest BCUT2D eigenvalue weighted by Gasteiger charge is 2.06. The fraction of sp³-hybridized carbons (Fsp3) is 0.375. The van der Waals surface area contributed by atoms with E-state index in [2.05, 4.69) is 20.6 Å². The Balaban J connectivity index is 2.18. The van der Waals surface area contributed by atoms with Crippen molar-refractivity contribution < 1.29 is 4.74 Å². The lowest BCUT2D eigenvalue weighted by molar-refractivity contribution is 0.158. The summed E-state index contributed by atoms with van der Waals surface area (Å²) in [5.74, 6) is 2.35. The zero-order chi connectivity index (χ0) is 14.9. The molecular formula is C16H22N4O. The first-order valence-electron chi connectivity index (χ1n) is 7.33. The summed E-state index contributed by atoms with van der Waals surface area (Å²) in [6.45, 7) is 6.98. The SMILES string of the molecule is CCNc1cc(NCCOCC)nc(-c2ccccc2)n1. The van der Waals surface area contributed by atoms with Gasteiger partial charge in [0.05, 0.1) is 6.61 Å². The molecule has 0 atom stereocenters. The van der Waals surface area contributed by atoms with E-state index in [0.29, 0.717) is 12.4 Å². The molecule has 0 amide bonds. The topological polar surface area (TPSA) is 59.1 Å². The van der Waals surface area contributed by atoms with E-state index in [-0.39, 0.29) is 0 Å². The largest absolute Gasteiger partial charge is 0.380 e. The lowest BCUT2D eigenvalue weighted by atomic mass is 10.2. The quantitative estimate of drug-likeness (QED) is 0.730. The molecule has 5 heteroatoms. The summed E-state index contributed by atoms with van der Waals surface area (Å²) in [6, 6.07) is 11.9. The van der Waals surface area contributed by atoms with Crippen LogP contribution in [-0.4, -0.2) is 36.3 Å². The molecule has 0 aliphatic carbocycles. The van der Waals surface area contributed by atoms with Crippen molar-refractivity contribution in [2.24, 2.45) is 0 Å². The third kappa shape index (κ3) is 4.72. The fourth-order valence-corrected chi connectivity index (χ4v) is 1.92. The van der Waals surface area contributed by atoms with Gasteiger partial charge in [-0.2, -0.15) is 0 Å². The first-order chi connectivity index (χ1) is 10.3. The molecule has 0 saturated carbocycles. The summed E-state index contributed by atoms with van der Waals surface area (Å²) in [4.78, 5) is 9.11. The van der Waals surface area contributed by atoms with Crippen LogP contribution in [0.25, 0.3) is 11.4 Å². The van der Waals surface area contributed by atoms with E-state index < -0.39 is 0 Å². The number of nitrogens with one attached hydrogen (secondary N) is 2. The number of nitrogens with zero attached hydrogens (tertiary/aromatic N) is 2. The molecule has 0 spiro atoms. The van der Waals surface area contributed by atoms with Gasteiger partial charge in [0.1, 0.15) is 11.6 Å². The molecule has 0 radical (unpaired) electrons. The van der Waals surface area contributed by atoms with Gasteiger partial charge in [-0.05, 0) is 13.8 Å². The Kier molecular flexibility index (Phi) is 5.97. The smallest absolute Gasteiger partial charge is 0.163 e. The molecule has 0 aliphatic heterocycles. The predicted molar refractivity (Wildman–Crippen MR) is 86.6 cm³/mol. The molecule has 2 rings (SSSR count). The lowest BCUT2D eigenvalue weighted by Crippen LogP contribution is -2.11. The van der Waals surface area contributed by atoms with E-state index in [1.165, 1.54) is 0 Å². The van der Waals surface area contributed by atoms with Crippen LogP contribution in [0.4, 0.5) is 11.6 Å². The number of hydrogen-bond acceptors (Lipinski definition) is 5. The second-order valence-electron chi connectivity index (χ2n) is 4.48. The standard InChI is InChI=1S/C16H22N4O/c1-3-17-14-12-15(18-10-11-21-4-2)20-16(19-14)13-8-6-5-7-9-13/h5-9,12H,3-4,10-11H2,1-2H3,(H2,17,18,19,20). The molecule has 1 aromatic heterocycles. The highest BCUT2D eigenvalue weighted by Crippen LogP contribution is 2.19. The summed E-state index contributed by atoms with van der Waals surface area (Å²) in [5, 5.41) is 6.51. The van der Waals surface area contributed by atoms with E-state index in [1.54, 1.807) is 0 Å². The van der Waals surface area contributed by atoms with Crippen LogP contribution in [-0.2, 0) is 4.74 Å². The van der Waals surface area contributed by atoms with Crippen LogP contribution in [0.15, 0.2) is 36.4 Å². The Morgan fingerprint density at radius 3 is 2.38 bits per heavy atom. The van der Waals surface area contributed by atoms with E-state index in [9.17, 15) is 0 Å². The number of hydrogen-bond donors (Lipinski definition) is 2. The molecule has 2 aromatic rings. The zero-order valence-electron chi connectivity index (χ0n) is 12.6. The van der Waals surface area contributed by atoms with Crippen LogP contribution < -0.4 is 10.6 Å². The maximum atomic E-state index is 5.33. The van der Waals surface area contributed by atoms with Gasteiger partial charge >= 0.3 is 0 Å². The van der Waals surface area contributed by atoms with Crippen LogP contribution in [0.1, 0.15) is 13.8 Å². The van der Waals surface area contributed by atoms with E-state index >= 15 is 0 Å². The van der Waals surface area contributed by atoms with Gasteiger partial charge < -0.3 is 15.4 Å². The van der Waals surface area contributed by atoms with Gasteiger partial charge in [-0.15, -0.1) is 0 Å². The summed E-state index contributed by atoms with van der Waals surface area (Å²) < 4.78 is 5.33. The average molecular weight is 286 g/mol. The molecule has 112 valence electrons. The summed E-state index contributed by atoms with van der Waals surface area (Å²) in [5.41, 5.74) is 1.00. The number of ether oxygens (including phenoxy) is 1. The third-order valence-corrected chi connectivity index (χ3v) is 2.87. The molecule has 2 N–H and O–H groups in total. The number of anilines is 2. The van der Waals surface area contributed by atoms with Crippen molar-refractivity contribution in [3.8, 4) is 11.4 Å². The Labute approximate surface area is 125 Å². The highest BCUT2D eigenvalue weighted by molar-refractivity contribution is 5.61. The number of benzene rings is 1. The van der Waals surface area contributed by atoms with Crippen LogP contribution >= 0.6 is 0 Å². The second kappa shape index (κ2) is 8.21. The van der Waals surface area contributed by atoms with Gasteiger partial charge in [0, 0.05) is 31.3 Å². The summed E-state index contributed by atoms with van der Waals surface area (Å²) in [6.07, 6.45) is 0. The van der Waals surface area contributed by atoms with Gasteiger partial charge in [0.2, 0.25) is 0 Å². The minimum Gasteiger partial charge on any atom is -0.380 e. The monoisotopic (exact) mass is 286 g/mol. The lowest BCUT2D eigenvalue weighted by Gasteiger charge is -2.10. The van der Waals surface area contributed by atoms with E-state index in [0.717, 1.165) is 36.9 Å². The normalized spacial score (nSPS) is 10.4. The van der Waals surface area contributed by atoms with Crippen LogP contribution in [0.2, 0.25) is 0 Å². The van der Waals surface area contributed by atoms with Gasteiger partial charge in [-0.1, -0.05) is 30.3 Å². The second-order valence-corrected chi connectivity index (χ2v) is 4.48. The molecule has 0 fully saturated rings. The molecule has 1 heterocycles. The minimum atomic E-state index is 0.664. The van der Waals surface area contributed by atoms with Crippen molar-refractivity contribution in [2.75, 3.05) is 36.9 Å². The Morgan fingerprint density at radius 2 is 1.71 bits per heavy atom. The van der Waals surface area contributed by atoms with Gasteiger partial charge in [-0.3, -0.25) is 0 Å². The van der Waals surface area contributed by atoms with Crippen molar-refractivity contribution >= 4 is 11.6 Å². The van der Waals surface area contributed by atoms with Gasteiger partial charge in [-0.25, -0.2) is 9.97 Å². The van der Waals surface area contributed by atoms with Crippen molar-refractivity contribution in [3.63, 3.8) is 0 Å². The fourth-order valence-electron chi connectivity index (χ4n) is 1.92. The average Bonchev–Trinajstić information content (AvgIpc) is 2.53. The number of aromatic nitrogens is 2. The van der Waals surface area contributed by atoms with Gasteiger partial charge in [0.25, 0.3) is 0 Å². The summed E-state index contributed by atoms with van der Waals surface area (Å²) >= 11 is 0. The molecular weight excluding hydrogens is 264 g/mol. The van der Waals surface area contributed by atoms with Gasteiger partial charge in [0.15, 0.2) is 5.82 Å². The van der Waals surface area contributed by atoms with Crippen molar-refractivity contribution in [1.82, 2.24) is 9.97 Å². The van der Waals surface area contributed by atoms with Crippen molar-refractivity contribution in [2.45, 2.75) is 13.8 Å². The maximum Gasteiger partial charge on any atom is 0.163 e. The van der Waals surface area contributed by atoms with Crippen LogP contribution in [0.3, 0.4) is 0 Å². The van der Waals surface area contributed by atoms with Crippen molar-refractivity contribution in [3.05, 3.63) is 36.4 Å². The zero-order valence-corrected chi connectivity index (χ0v) is 12.6. The molecule has 0 saturated heterocycles. The first kappa shape index (κ1) is 15.3. The van der Waals surface area contributed by atoms with Crippen molar-refractivity contribution in [1.29, 1.82) is 0 Å². The molecule has 21 heavy (non-hydrogen) atoms. The third-order valence-electron chi connectivity index (χ3n) is 2.87. The molecule has 5 nitrogen and oxygen atoms in total. The molecule has 0 aliphatic rings. The maximum absolute atomic E-state index is 5.33. The molecule has 0 unspecified atom stereocenters. The Bertz CT molecular complexity index is 545. The van der Waals surface area contributed by atoms with E-state index in [4.69, 9.17) is 4.74 Å². The van der Waals surface area contributed by atoms with Crippen LogP contribution in [0.5, 0.6) is 0 Å². The first-order valence-corrected chi connectivity index (χ1v) is 7.33. The molecule has 0 bridgehead atoms. The summed E-state index contributed by atoms with van der Waals surface area (Å²) in [7, 11) is 0. The number of rotatable bonds is 8. The Hall–Kier alpha value is -2.14. The van der Waals surface area contributed by atoms with E-state index in [1.807, 2.05) is 50.2 Å². The van der Waals surface area contributed by atoms with Crippen LogP contribution in [0, 0.1) is 0 Å².